The van der Waals surface area contributed by atoms with E-state index in [9.17, 15) is 13.6 Å². The SMILES string of the molecule is CCc1cnc(N2CCC(COc3ccc(C4=CCC(C(=O)N5CCC(F)(F)CC5)CC4)c(F)c3)CC2)nc1. The maximum atomic E-state index is 15.0. The van der Waals surface area contributed by atoms with Gasteiger partial charge in [-0.3, -0.25) is 4.79 Å². The summed E-state index contributed by atoms with van der Waals surface area (Å²) in [4.78, 5) is 25.5. The normalized spacial score (nSPS) is 21.9. The molecule has 1 unspecified atom stereocenters. The number of aromatic nitrogens is 2. The third kappa shape index (κ3) is 6.73. The van der Waals surface area contributed by atoms with Crippen LogP contribution in [0.25, 0.3) is 5.57 Å². The molecular formula is C30H37F3N4O2. The molecule has 0 spiro atoms. The zero-order chi connectivity index (χ0) is 27.4. The van der Waals surface area contributed by atoms with Crippen molar-refractivity contribution in [2.24, 2.45) is 11.8 Å². The summed E-state index contributed by atoms with van der Waals surface area (Å²) in [7, 11) is 0. The number of rotatable bonds is 7. The summed E-state index contributed by atoms with van der Waals surface area (Å²) in [5.74, 6) is -1.60. The van der Waals surface area contributed by atoms with E-state index in [1.54, 1.807) is 11.0 Å². The van der Waals surface area contributed by atoms with Crippen LogP contribution >= 0.6 is 0 Å². The van der Waals surface area contributed by atoms with Gasteiger partial charge in [-0.15, -0.1) is 0 Å². The lowest BCUT2D eigenvalue weighted by Gasteiger charge is -2.34. The predicted molar refractivity (Wildman–Crippen MR) is 144 cm³/mol. The van der Waals surface area contributed by atoms with Gasteiger partial charge in [-0.1, -0.05) is 13.0 Å². The Morgan fingerprint density at radius 1 is 1.08 bits per heavy atom. The van der Waals surface area contributed by atoms with E-state index in [4.69, 9.17) is 4.74 Å². The van der Waals surface area contributed by atoms with Gasteiger partial charge in [0.15, 0.2) is 0 Å². The predicted octanol–water partition coefficient (Wildman–Crippen LogP) is 5.91. The molecule has 1 amide bonds. The average molecular weight is 543 g/mol. The second kappa shape index (κ2) is 12.0. The molecule has 210 valence electrons. The monoisotopic (exact) mass is 542 g/mol. The number of anilines is 1. The van der Waals surface area contributed by atoms with Crippen molar-refractivity contribution in [3.05, 3.63) is 53.6 Å². The molecule has 0 N–H and O–H groups in total. The van der Waals surface area contributed by atoms with Gasteiger partial charge in [0.25, 0.3) is 5.92 Å². The fourth-order valence-electron chi connectivity index (χ4n) is 5.67. The molecule has 2 aromatic rings. The van der Waals surface area contributed by atoms with E-state index >= 15 is 4.39 Å². The van der Waals surface area contributed by atoms with Gasteiger partial charge in [-0.05, 0) is 67.7 Å². The molecule has 1 aromatic carbocycles. The quantitative estimate of drug-likeness (QED) is 0.435. The molecule has 2 saturated heterocycles. The summed E-state index contributed by atoms with van der Waals surface area (Å²) in [5.41, 5.74) is 2.55. The maximum Gasteiger partial charge on any atom is 0.251 e. The molecule has 3 heterocycles. The Balaban J connectivity index is 1.09. The van der Waals surface area contributed by atoms with Crippen molar-refractivity contribution < 1.29 is 22.7 Å². The highest BCUT2D eigenvalue weighted by Crippen LogP contribution is 2.35. The number of hydrogen-bond acceptors (Lipinski definition) is 5. The van der Waals surface area contributed by atoms with Crippen LogP contribution in [0.2, 0.25) is 0 Å². The van der Waals surface area contributed by atoms with Gasteiger partial charge in [-0.2, -0.15) is 0 Å². The van der Waals surface area contributed by atoms with Crippen LogP contribution in [0.15, 0.2) is 36.7 Å². The van der Waals surface area contributed by atoms with E-state index in [1.165, 1.54) is 6.07 Å². The molecule has 3 aliphatic rings. The fraction of sp³-hybridized carbons (Fsp3) is 0.567. The number of carbonyl (C=O) groups is 1. The number of carbonyl (C=O) groups excluding carboxylic acids is 1. The van der Waals surface area contributed by atoms with Gasteiger partial charge in [0.2, 0.25) is 11.9 Å². The molecule has 39 heavy (non-hydrogen) atoms. The van der Waals surface area contributed by atoms with Crippen molar-refractivity contribution in [2.75, 3.05) is 37.7 Å². The minimum absolute atomic E-state index is 0.0576. The lowest BCUT2D eigenvalue weighted by molar-refractivity contribution is -0.141. The first-order chi connectivity index (χ1) is 18.8. The third-order valence-corrected chi connectivity index (χ3v) is 8.34. The zero-order valence-corrected chi connectivity index (χ0v) is 22.6. The number of hydrogen-bond donors (Lipinski definition) is 0. The number of piperidine rings is 2. The first kappa shape index (κ1) is 27.5. The third-order valence-electron chi connectivity index (χ3n) is 8.34. The topological polar surface area (TPSA) is 58.6 Å². The summed E-state index contributed by atoms with van der Waals surface area (Å²) in [6.45, 7) is 4.58. The Morgan fingerprint density at radius 3 is 2.41 bits per heavy atom. The van der Waals surface area contributed by atoms with Crippen LogP contribution in [-0.4, -0.2) is 59.5 Å². The van der Waals surface area contributed by atoms with Gasteiger partial charge in [0, 0.05) is 69.0 Å². The highest BCUT2D eigenvalue weighted by molar-refractivity contribution is 5.81. The van der Waals surface area contributed by atoms with E-state index in [-0.39, 0.29) is 43.6 Å². The van der Waals surface area contributed by atoms with Crippen molar-refractivity contribution in [1.82, 2.24) is 14.9 Å². The van der Waals surface area contributed by atoms with Gasteiger partial charge in [0.05, 0.1) is 6.61 Å². The first-order valence-corrected chi connectivity index (χ1v) is 14.2. The second-order valence-corrected chi connectivity index (χ2v) is 11.0. The molecule has 6 nitrogen and oxygen atoms in total. The number of benzene rings is 1. The summed E-state index contributed by atoms with van der Waals surface area (Å²) >= 11 is 0. The van der Waals surface area contributed by atoms with E-state index < -0.39 is 5.92 Å². The van der Waals surface area contributed by atoms with Crippen molar-refractivity contribution in [3.8, 4) is 5.75 Å². The summed E-state index contributed by atoms with van der Waals surface area (Å²) < 4.78 is 47.8. The summed E-state index contributed by atoms with van der Waals surface area (Å²) in [6, 6.07) is 5.01. The molecule has 0 radical (unpaired) electrons. The maximum absolute atomic E-state index is 15.0. The standard InChI is InChI=1S/C30H37F3N4O2/c1-2-21-18-34-29(35-19-21)37-13-9-22(10-14-37)20-39-25-7-8-26(27(31)17-25)23-3-5-24(6-4-23)28(38)36-15-11-30(32,33)12-16-36/h3,7-8,17-19,22,24H,2,4-6,9-16,20H2,1H3. The van der Waals surface area contributed by atoms with E-state index in [2.05, 4.69) is 21.8 Å². The zero-order valence-electron chi connectivity index (χ0n) is 22.6. The van der Waals surface area contributed by atoms with Crippen molar-refractivity contribution in [2.45, 2.75) is 64.2 Å². The van der Waals surface area contributed by atoms with Crippen molar-refractivity contribution in [3.63, 3.8) is 0 Å². The molecular weight excluding hydrogens is 505 g/mol. The van der Waals surface area contributed by atoms with E-state index in [0.29, 0.717) is 43.1 Å². The summed E-state index contributed by atoms with van der Waals surface area (Å²) in [5, 5.41) is 0. The van der Waals surface area contributed by atoms with Crippen LogP contribution in [0.3, 0.4) is 0 Å². The largest absolute Gasteiger partial charge is 0.493 e. The summed E-state index contributed by atoms with van der Waals surface area (Å²) in [6.07, 6.45) is 9.70. The number of nitrogens with zero attached hydrogens (tertiary/aromatic N) is 4. The number of aryl methyl sites for hydroxylation is 1. The molecule has 5 rings (SSSR count). The van der Waals surface area contributed by atoms with Crippen LogP contribution in [0.1, 0.15) is 63.0 Å². The molecule has 9 heteroatoms. The van der Waals surface area contributed by atoms with Gasteiger partial charge >= 0.3 is 0 Å². The highest BCUT2D eigenvalue weighted by atomic mass is 19.3. The van der Waals surface area contributed by atoms with Crippen LogP contribution in [-0.2, 0) is 11.2 Å². The molecule has 2 aliphatic heterocycles. The Kier molecular flexibility index (Phi) is 8.43. The smallest absolute Gasteiger partial charge is 0.251 e. The minimum atomic E-state index is -2.67. The average Bonchev–Trinajstić information content (AvgIpc) is 2.96. The second-order valence-electron chi connectivity index (χ2n) is 11.0. The van der Waals surface area contributed by atoms with Gasteiger partial charge in [0.1, 0.15) is 11.6 Å². The molecule has 1 aromatic heterocycles. The van der Waals surface area contributed by atoms with E-state index in [0.717, 1.165) is 49.4 Å². The number of amides is 1. The Hall–Kier alpha value is -3.10. The van der Waals surface area contributed by atoms with Crippen LogP contribution < -0.4 is 9.64 Å². The highest BCUT2D eigenvalue weighted by Gasteiger charge is 2.37. The molecule has 0 bridgehead atoms. The molecule has 2 fully saturated rings. The van der Waals surface area contributed by atoms with Gasteiger partial charge < -0.3 is 14.5 Å². The van der Waals surface area contributed by atoms with Crippen LogP contribution in [0, 0.1) is 17.7 Å². The van der Waals surface area contributed by atoms with Crippen LogP contribution in [0.5, 0.6) is 5.75 Å². The Morgan fingerprint density at radius 2 is 1.79 bits per heavy atom. The molecule has 1 aliphatic carbocycles. The molecule has 1 atom stereocenters. The Bertz CT molecular complexity index is 1170. The fourth-order valence-corrected chi connectivity index (χ4v) is 5.67. The Labute approximate surface area is 228 Å². The number of alkyl halides is 2. The van der Waals surface area contributed by atoms with Crippen LogP contribution in [0.4, 0.5) is 19.1 Å². The lowest BCUT2D eigenvalue weighted by atomic mass is 9.85. The van der Waals surface area contributed by atoms with Gasteiger partial charge in [-0.25, -0.2) is 23.1 Å². The molecule has 0 saturated carbocycles. The number of allylic oxidation sites excluding steroid dienone is 2. The minimum Gasteiger partial charge on any atom is -0.493 e. The number of likely N-dealkylation sites (tertiary alicyclic amines) is 1. The number of halogens is 3. The van der Waals surface area contributed by atoms with Crippen molar-refractivity contribution >= 4 is 17.4 Å². The first-order valence-electron chi connectivity index (χ1n) is 14.2. The number of ether oxygens (including phenoxy) is 1. The van der Waals surface area contributed by atoms with E-state index in [1.807, 2.05) is 24.5 Å². The lowest BCUT2D eigenvalue weighted by Crippen LogP contribution is -2.45. The van der Waals surface area contributed by atoms with Crippen molar-refractivity contribution in [1.29, 1.82) is 0 Å².